The van der Waals surface area contributed by atoms with E-state index in [4.69, 9.17) is 6.42 Å². The molecule has 18 heavy (non-hydrogen) atoms. The number of nitrogens with zero attached hydrogens (tertiary/aromatic N) is 2. The van der Waals surface area contributed by atoms with Crippen molar-refractivity contribution in [2.75, 3.05) is 11.4 Å². The number of aromatic nitrogens is 1. The van der Waals surface area contributed by atoms with Crippen LogP contribution in [0, 0.1) is 18.3 Å². The molecule has 0 aliphatic carbocycles. The molecule has 0 spiro atoms. The average molecular weight is 254 g/mol. The third-order valence-electron chi connectivity index (χ3n) is 2.71. The summed E-state index contributed by atoms with van der Waals surface area (Å²) >= 11 is 0. The van der Waals surface area contributed by atoms with Crippen molar-refractivity contribution in [2.45, 2.75) is 12.6 Å². The van der Waals surface area contributed by atoms with Crippen LogP contribution >= 0.6 is 0 Å². The summed E-state index contributed by atoms with van der Waals surface area (Å²) in [6.07, 6.45) is 1.89. The molecule has 6 heteroatoms. The van der Waals surface area contributed by atoms with E-state index in [0.29, 0.717) is 0 Å². The molecule has 0 radical (unpaired) electrons. The molecular formula is C12H9F3N2O. The normalized spacial score (nSPS) is 20.0. The van der Waals surface area contributed by atoms with Crippen LogP contribution in [0.1, 0.15) is 12.1 Å². The van der Waals surface area contributed by atoms with Gasteiger partial charge in [-0.1, -0.05) is 0 Å². The van der Waals surface area contributed by atoms with Gasteiger partial charge in [-0.3, -0.25) is 9.78 Å². The smallest absolute Gasteiger partial charge is 0.311 e. The van der Waals surface area contributed by atoms with Crippen molar-refractivity contribution in [1.82, 2.24) is 4.98 Å². The van der Waals surface area contributed by atoms with Crippen LogP contribution in [0.2, 0.25) is 0 Å². The van der Waals surface area contributed by atoms with E-state index in [-0.39, 0.29) is 30.5 Å². The number of amides is 1. The molecule has 1 aliphatic heterocycles. The zero-order valence-electron chi connectivity index (χ0n) is 9.24. The molecule has 1 unspecified atom stereocenters. The zero-order valence-corrected chi connectivity index (χ0v) is 9.24. The van der Waals surface area contributed by atoms with Gasteiger partial charge in [0.15, 0.2) is 0 Å². The van der Waals surface area contributed by atoms with Crippen LogP contribution in [0.15, 0.2) is 18.3 Å². The Balaban J connectivity index is 2.30. The second kappa shape index (κ2) is 4.33. The van der Waals surface area contributed by atoms with Crippen LogP contribution in [0.3, 0.4) is 0 Å². The molecule has 1 saturated heterocycles. The largest absolute Gasteiger partial charge is 0.433 e. The van der Waals surface area contributed by atoms with Gasteiger partial charge in [-0.15, -0.1) is 12.3 Å². The van der Waals surface area contributed by atoms with Crippen LogP contribution < -0.4 is 4.90 Å². The lowest BCUT2D eigenvalue weighted by molar-refractivity contribution is -0.141. The standard InChI is InChI=1S/C12H9F3N2O/c1-2-8-5-11(18)17(7-8)9-3-4-16-10(6-9)12(13,14)15/h1,3-4,6,8H,5,7H2. The highest BCUT2D eigenvalue weighted by Gasteiger charge is 2.35. The second-order valence-corrected chi connectivity index (χ2v) is 3.97. The first-order chi connectivity index (χ1) is 8.41. The molecule has 1 aliphatic rings. The third-order valence-corrected chi connectivity index (χ3v) is 2.71. The average Bonchev–Trinajstić information content (AvgIpc) is 2.70. The highest BCUT2D eigenvalue weighted by Crippen LogP contribution is 2.31. The Bertz CT molecular complexity index is 519. The minimum Gasteiger partial charge on any atom is -0.311 e. The van der Waals surface area contributed by atoms with E-state index in [1.165, 1.54) is 11.0 Å². The van der Waals surface area contributed by atoms with Crippen LogP contribution in [0.5, 0.6) is 0 Å². The molecule has 0 saturated carbocycles. The van der Waals surface area contributed by atoms with E-state index in [1.807, 2.05) is 0 Å². The van der Waals surface area contributed by atoms with Crippen molar-refractivity contribution in [3.8, 4) is 12.3 Å². The van der Waals surface area contributed by atoms with E-state index in [0.717, 1.165) is 12.3 Å². The summed E-state index contributed by atoms with van der Waals surface area (Å²) < 4.78 is 37.5. The molecule has 2 heterocycles. The van der Waals surface area contributed by atoms with Gasteiger partial charge in [0.05, 0.1) is 0 Å². The van der Waals surface area contributed by atoms with Gasteiger partial charge >= 0.3 is 6.18 Å². The van der Waals surface area contributed by atoms with Gasteiger partial charge in [-0.05, 0) is 12.1 Å². The van der Waals surface area contributed by atoms with E-state index >= 15 is 0 Å². The van der Waals surface area contributed by atoms with Gasteiger partial charge < -0.3 is 4.90 Å². The summed E-state index contributed by atoms with van der Waals surface area (Å²) in [4.78, 5) is 16.1. The van der Waals surface area contributed by atoms with E-state index in [1.54, 1.807) is 0 Å². The van der Waals surface area contributed by atoms with E-state index < -0.39 is 11.9 Å². The van der Waals surface area contributed by atoms with Crippen molar-refractivity contribution >= 4 is 11.6 Å². The number of carbonyl (C=O) groups is 1. The van der Waals surface area contributed by atoms with Crippen molar-refractivity contribution in [3.05, 3.63) is 24.0 Å². The number of halogens is 3. The summed E-state index contributed by atoms with van der Waals surface area (Å²) in [6.45, 7) is 0.247. The molecule has 2 rings (SSSR count). The lowest BCUT2D eigenvalue weighted by Gasteiger charge is -2.17. The molecule has 1 aromatic heterocycles. The molecule has 0 aromatic carbocycles. The number of pyridine rings is 1. The van der Waals surface area contributed by atoms with Gasteiger partial charge in [-0.25, -0.2) is 0 Å². The van der Waals surface area contributed by atoms with Gasteiger partial charge in [-0.2, -0.15) is 13.2 Å². The Morgan fingerprint density at radius 1 is 1.50 bits per heavy atom. The quantitative estimate of drug-likeness (QED) is 0.719. The fourth-order valence-electron chi connectivity index (χ4n) is 1.81. The number of rotatable bonds is 1. The minimum atomic E-state index is -4.52. The number of terminal acetylenes is 1. The highest BCUT2D eigenvalue weighted by atomic mass is 19.4. The summed E-state index contributed by atoms with van der Waals surface area (Å²) in [6, 6.07) is 2.23. The van der Waals surface area contributed by atoms with Crippen LogP contribution in [0.4, 0.5) is 18.9 Å². The van der Waals surface area contributed by atoms with Crippen molar-refractivity contribution < 1.29 is 18.0 Å². The summed E-state index contributed by atoms with van der Waals surface area (Å²) in [5.41, 5.74) is -0.836. The Hall–Kier alpha value is -2.03. The number of anilines is 1. The third kappa shape index (κ3) is 2.30. The van der Waals surface area contributed by atoms with E-state index in [9.17, 15) is 18.0 Å². The number of hydrogen-bond acceptors (Lipinski definition) is 2. The van der Waals surface area contributed by atoms with Crippen molar-refractivity contribution in [3.63, 3.8) is 0 Å². The first-order valence-electron chi connectivity index (χ1n) is 5.21. The van der Waals surface area contributed by atoms with Crippen molar-refractivity contribution in [2.24, 2.45) is 5.92 Å². The highest BCUT2D eigenvalue weighted by molar-refractivity contribution is 5.96. The van der Waals surface area contributed by atoms with Gasteiger partial charge in [0, 0.05) is 30.8 Å². The van der Waals surface area contributed by atoms with Crippen LogP contribution in [-0.4, -0.2) is 17.4 Å². The first-order valence-corrected chi connectivity index (χ1v) is 5.21. The Labute approximate surface area is 102 Å². The summed E-state index contributed by atoms with van der Waals surface area (Å²) in [5, 5.41) is 0. The lowest BCUT2D eigenvalue weighted by Crippen LogP contribution is -2.25. The van der Waals surface area contributed by atoms with Crippen LogP contribution in [-0.2, 0) is 11.0 Å². The summed E-state index contributed by atoms with van der Waals surface area (Å²) in [5.74, 6) is 1.92. The maximum atomic E-state index is 12.5. The predicted octanol–water partition coefficient (Wildman–Crippen LogP) is 2.09. The molecule has 1 atom stereocenters. The molecular weight excluding hydrogens is 245 g/mol. The maximum absolute atomic E-state index is 12.5. The Morgan fingerprint density at radius 3 is 2.78 bits per heavy atom. The topological polar surface area (TPSA) is 33.2 Å². The molecule has 1 fully saturated rings. The maximum Gasteiger partial charge on any atom is 0.433 e. The fraction of sp³-hybridized carbons (Fsp3) is 0.333. The zero-order chi connectivity index (χ0) is 13.3. The van der Waals surface area contributed by atoms with Gasteiger partial charge in [0.2, 0.25) is 5.91 Å². The van der Waals surface area contributed by atoms with E-state index in [2.05, 4.69) is 10.9 Å². The number of hydrogen-bond donors (Lipinski definition) is 0. The van der Waals surface area contributed by atoms with Crippen LogP contribution in [0.25, 0.3) is 0 Å². The molecule has 3 nitrogen and oxygen atoms in total. The lowest BCUT2D eigenvalue weighted by atomic mass is 10.1. The van der Waals surface area contributed by atoms with Crippen molar-refractivity contribution in [1.29, 1.82) is 0 Å². The first kappa shape index (κ1) is 12.4. The number of alkyl halides is 3. The summed E-state index contributed by atoms with van der Waals surface area (Å²) in [7, 11) is 0. The van der Waals surface area contributed by atoms with Gasteiger partial charge in [0.1, 0.15) is 5.69 Å². The molecule has 1 amide bonds. The number of carbonyl (C=O) groups excluding carboxylic acids is 1. The minimum absolute atomic E-state index is 0.167. The molecule has 94 valence electrons. The second-order valence-electron chi connectivity index (χ2n) is 3.97. The molecule has 0 N–H and O–H groups in total. The van der Waals surface area contributed by atoms with Gasteiger partial charge in [0.25, 0.3) is 0 Å². The molecule has 1 aromatic rings. The SMILES string of the molecule is C#CC1CC(=O)N(c2ccnc(C(F)(F)F)c2)C1. The Morgan fingerprint density at radius 2 is 2.22 bits per heavy atom. The fourth-order valence-corrected chi connectivity index (χ4v) is 1.81. The Kier molecular flexibility index (Phi) is 2.99. The monoisotopic (exact) mass is 254 g/mol. The molecule has 0 bridgehead atoms. The predicted molar refractivity (Wildman–Crippen MR) is 58.5 cm³/mol.